The Hall–Kier alpha value is -1.08. The van der Waals surface area contributed by atoms with Crippen molar-refractivity contribution in [2.24, 2.45) is 11.1 Å². The van der Waals surface area contributed by atoms with Gasteiger partial charge in [0.1, 0.15) is 0 Å². The lowest BCUT2D eigenvalue weighted by Crippen LogP contribution is -2.17. The summed E-state index contributed by atoms with van der Waals surface area (Å²) in [6, 6.07) is 8.53. The summed E-state index contributed by atoms with van der Waals surface area (Å²) in [5.74, 6) is 0. The van der Waals surface area contributed by atoms with Crippen LogP contribution in [0.25, 0.3) is 6.08 Å². The van der Waals surface area contributed by atoms with Gasteiger partial charge in [-0.3, -0.25) is 0 Å². The summed E-state index contributed by atoms with van der Waals surface area (Å²) in [5, 5.41) is 0. The Balaban J connectivity index is 2.99. The molecule has 0 aliphatic heterocycles. The van der Waals surface area contributed by atoms with E-state index in [1.807, 2.05) is 0 Å². The van der Waals surface area contributed by atoms with E-state index in [0.29, 0.717) is 6.54 Å². The predicted octanol–water partition coefficient (Wildman–Crippen LogP) is 3.38. The third kappa shape index (κ3) is 3.52. The van der Waals surface area contributed by atoms with E-state index in [1.54, 1.807) is 0 Å². The molecule has 0 unspecified atom stereocenters. The van der Waals surface area contributed by atoms with Gasteiger partial charge in [-0.15, -0.1) is 0 Å². The van der Waals surface area contributed by atoms with E-state index in [0.717, 1.165) is 0 Å². The molecule has 82 valence electrons. The van der Waals surface area contributed by atoms with Gasteiger partial charge in [-0.05, 0) is 17.9 Å². The number of aryl methyl sites for hydroxylation is 1. The molecule has 1 aromatic rings. The molecular weight excluding hydrogens is 182 g/mol. The first-order valence-electron chi connectivity index (χ1n) is 5.41. The zero-order valence-corrected chi connectivity index (χ0v) is 10.2. The van der Waals surface area contributed by atoms with Crippen LogP contribution in [-0.4, -0.2) is 6.54 Å². The Morgan fingerprint density at radius 3 is 2.13 bits per heavy atom. The second kappa shape index (κ2) is 4.63. The van der Waals surface area contributed by atoms with Crippen molar-refractivity contribution >= 4 is 6.08 Å². The fraction of sp³-hybridized carbons (Fsp3) is 0.429. The highest BCUT2D eigenvalue weighted by molar-refractivity contribution is 5.54. The fourth-order valence-corrected chi connectivity index (χ4v) is 1.45. The van der Waals surface area contributed by atoms with Crippen LogP contribution >= 0.6 is 0 Å². The molecule has 0 saturated carbocycles. The molecule has 1 rings (SSSR count). The van der Waals surface area contributed by atoms with E-state index in [4.69, 9.17) is 5.73 Å². The summed E-state index contributed by atoms with van der Waals surface area (Å²) >= 11 is 0. The van der Waals surface area contributed by atoms with Gasteiger partial charge in [0.25, 0.3) is 0 Å². The van der Waals surface area contributed by atoms with Crippen LogP contribution in [0.5, 0.6) is 0 Å². The van der Waals surface area contributed by atoms with Crippen LogP contribution in [0.4, 0.5) is 0 Å². The molecule has 1 heteroatoms. The molecule has 0 saturated heterocycles. The van der Waals surface area contributed by atoms with Crippen molar-refractivity contribution in [3.8, 4) is 0 Å². The first kappa shape index (κ1) is 12.0. The van der Waals surface area contributed by atoms with Crippen LogP contribution in [0, 0.1) is 12.3 Å². The molecule has 15 heavy (non-hydrogen) atoms. The van der Waals surface area contributed by atoms with Crippen LogP contribution in [0.1, 0.15) is 31.9 Å². The largest absolute Gasteiger partial charge is 0.327 e. The van der Waals surface area contributed by atoms with Crippen molar-refractivity contribution in [1.82, 2.24) is 0 Å². The molecule has 2 N–H and O–H groups in total. The van der Waals surface area contributed by atoms with E-state index < -0.39 is 0 Å². The summed E-state index contributed by atoms with van der Waals surface area (Å²) in [4.78, 5) is 0. The molecule has 0 bridgehead atoms. The molecule has 0 amide bonds. The Kier molecular flexibility index (Phi) is 3.70. The summed E-state index contributed by atoms with van der Waals surface area (Å²) in [5.41, 5.74) is 9.73. The van der Waals surface area contributed by atoms with Gasteiger partial charge < -0.3 is 5.73 Å². The molecule has 0 aliphatic rings. The topological polar surface area (TPSA) is 26.0 Å². The molecule has 1 nitrogen and oxygen atoms in total. The monoisotopic (exact) mass is 203 g/mol. The minimum absolute atomic E-state index is 0.152. The maximum absolute atomic E-state index is 5.77. The smallest absolute Gasteiger partial charge is 0.0145 e. The van der Waals surface area contributed by atoms with Crippen LogP contribution in [-0.2, 0) is 0 Å². The molecule has 0 fully saturated rings. The van der Waals surface area contributed by atoms with E-state index >= 15 is 0 Å². The second-order valence-corrected chi connectivity index (χ2v) is 5.03. The van der Waals surface area contributed by atoms with Crippen molar-refractivity contribution in [2.45, 2.75) is 27.7 Å². The molecule has 0 heterocycles. The summed E-state index contributed by atoms with van der Waals surface area (Å²) in [7, 11) is 0. The zero-order chi connectivity index (χ0) is 11.5. The maximum Gasteiger partial charge on any atom is 0.0145 e. The van der Waals surface area contributed by atoms with Gasteiger partial charge in [0.15, 0.2) is 0 Å². The number of hydrogen-bond donors (Lipinski definition) is 1. The Bertz CT molecular complexity index is 339. The predicted molar refractivity (Wildman–Crippen MR) is 67.7 cm³/mol. The first-order chi connectivity index (χ1) is 6.93. The average Bonchev–Trinajstić information content (AvgIpc) is 2.15. The standard InChI is InChI=1S/C14H21N/c1-11-5-7-12(8-6-11)9-13(10-15)14(2,3)4/h5-9H,10,15H2,1-4H3/b13-9+. The minimum atomic E-state index is 0.152. The summed E-state index contributed by atoms with van der Waals surface area (Å²) < 4.78 is 0. The number of benzene rings is 1. The summed E-state index contributed by atoms with van der Waals surface area (Å²) in [6.45, 7) is 9.30. The quantitative estimate of drug-likeness (QED) is 0.783. The molecule has 0 aliphatic carbocycles. The second-order valence-electron chi connectivity index (χ2n) is 5.03. The SMILES string of the molecule is Cc1ccc(/C=C(\CN)C(C)(C)C)cc1. The van der Waals surface area contributed by atoms with Crippen molar-refractivity contribution in [3.63, 3.8) is 0 Å². The highest BCUT2D eigenvalue weighted by Crippen LogP contribution is 2.26. The highest BCUT2D eigenvalue weighted by Gasteiger charge is 2.14. The lowest BCUT2D eigenvalue weighted by molar-refractivity contribution is 0.499. The Morgan fingerprint density at radius 1 is 1.20 bits per heavy atom. The van der Waals surface area contributed by atoms with E-state index in [9.17, 15) is 0 Å². The molecule has 0 aromatic heterocycles. The van der Waals surface area contributed by atoms with Gasteiger partial charge in [-0.1, -0.05) is 62.2 Å². The third-order valence-corrected chi connectivity index (χ3v) is 2.60. The lowest BCUT2D eigenvalue weighted by atomic mass is 9.85. The van der Waals surface area contributed by atoms with Crippen LogP contribution in [0.15, 0.2) is 29.8 Å². The van der Waals surface area contributed by atoms with E-state index in [-0.39, 0.29) is 5.41 Å². The molecule has 0 spiro atoms. The van der Waals surface area contributed by atoms with E-state index in [1.165, 1.54) is 16.7 Å². The lowest BCUT2D eigenvalue weighted by Gasteiger charge is -2.21. The van der Waals surface area contributed by atoms with Crippen molar-refractivity contribution in [2.75, 3.05) is 6.54 Å². The van der Waals surface area contributed by atoms with Gasteiger partial charge in [-0.25, -0.2) is 0 Å². The first-order valence-corrected chi connectivity index (χ1v) is 5.41. The molecule has 0 atom stereocenters. The van der Waals surface area contributed by atoms with Gasteiger partial charge in [-0.2, -0.15) is 0 Å². The van der Waals surface area contributed by atoms with Gasteiger partial charge in [0, 0.05) is 6.54 Å². The fourth-order valence-electron chi connectivity index (χ4n) is 1.45. The Morgan fingerprint density at radius 2 is 1.73 bits per heavy atom. The van der Waals surface area contributed by atoms with Crippen molar-refractivity contribution < 1.29 is 0 Å². The van der Waals surface area contributed by atoms with Crippen LogP contribution in [0.3, 0.4) is 0 Å². The van der Waals surface area contributed by atoms with Crippen molar-refractivity contribution in [1.29, 1.82) is 0 Å². The molecule has 1 aromatic carbocycles. The number of nitrogens with two attached hydrogens (primary N) is 1. The molecule has 0 radical (unpaired) electrons. The van der Waals surface area contributed by atoms with Crippen molar-refractivity contribution in [3.05, 3.63) is 41.0 Å². The van der Waals surface area contributed by atoms with Gasteiger partial charge >= 0.3 is 0 Å². The van der Waals surface area contributed by atoms with Crippen LogP contribution in [0.2, 0.25) is 0 Å². The van der Waals surface area contributed by atoms with Gasteiger partial charge in [0.2, 0.25) is 0 Å². The normalized spacial score (nSPS) is 13.0. The Labute approximate surface area is 93.0 Å². The number of hydrogen-bond acceptors (Lipinski definition) is 1. The average molecular weight is 203 g/mol. The van der Waals surface area contributed by atoms with Crippen LogP contribution < -0.4 is 5.73 Å². The third-order valence-electron chi connectivity index (χ3n) is 2.60. The van der Waals surface area contributed by atoms with E-state index in [2.05, 4.69) is 58.0 Å². The molecular formula is C14H21N. The van der Waals surface area contributed by atoms with Gasteiger partial charge in [0.05, 0.1) is 0 Å². The minimum Gasteiger partial charge on any atom is -0.327 e. The number of rotatable bonds is 2. The summed E-state index contributed by atoms with van der Waals surface area (Å²) in [6.07, 6.45) is 2.19. The zero-order valence-electron chi connectivity index (χ0n) is 10.2. The highest BCUT2D eigenvalue weighted by atomic mass is 14.5. The maximum atomic E-state index is 5.77.